The Morgan fingerprint density at radius 3 is 3.00 bits per heavy atom. The van der Waals surface area contributed by atoms with E-state index in [4.69, 9.17) is 0 Å². The molecular formula is C13H12BrN3O2S. The van der Waals surface area contributed by atoms with Crippen LogP contribution in [0.3, 0.4) is 0 Å². The molecule has 4 rings (SSSR count). The predicted molar refractivity (Wildman–Crippen MR) is 79.2 cm³/mol. The minimum absolute atomic E-state index is 0.0358. The van der Waals surface area contributed by atoms with Crippen LogP contribution >= 0.6 is 15.9 Å². The fourth-order valence-electron chi connectivity index (χ4n) is 3.23. The Labute approximate surface area is 126 Å². The van der Waals surface area contributed by atoms with Crippen molar-refractivity contribution in [1.82, 2.24) is 14.5 Å². The number of halogens is 1. The summed E-state index contributed by atoms with van der Waals surface area (Å²) in [5.74, 6) is 0. The van der Waals surface area contributed by atoms with E-state index in [2.05, 4.69) is 25.9 Å². The third-order valence-electron chi connectivity index (χ3n) is 4.16. The van der Waals surface area contributed by atoms with Crippen LogP contribution in [0.2, 0.25) is 0 Å². The Balaban J connectivity index is 2.13. The highest BCUT2D eigenvalue weighted by molar-refractivity contribution is 9.10. The topological polar surface area (TPSA) is 64.8 Å². The van der Waals surface area contributed by atoms with Crippen LogP contribution in [0.1, 0.15) is 31.7 Å². The number of nitrogens with zero attached hydrogens (tertiary/aromatic N) is 3. The SMILES string of the molecule is O=c1c(Br)cc2cnc3nc2n1C1CCCCC1S3=O. The number of rotatable bonds is 0. The molecule has 1 aliphatic carbocycles. The smallest absolute Gasteiger partial charge is 0.266 e. The summed E-state index contributed by atoms with van der Waals surface area (Å²) in [5, 5.41) is 1.12. The van der Waals surface area contributed by atoms with Gasteiger partial charge in [-0.2, -0.15) is 0 Å². The van der Waals surface area contributed by atoms with Gasteiger partial charge in [-0.1, -0.05) is 12.8 Å². The molecule has 0 radical (unpaired) electrons. The highest BCUT2D eigenvalue weighted by Gasteiger charge is 2.37. The van der Waals surface area contributed by atoms with E-state index in [-0.39, 0.29) is 16.9 Å². The molecule has 0 saturated heterocycles. The van der Waals surface area contributed by atoms with Gasteiger partial charge in [-0.15, -0.1) is 0 Å². The molecule has 20 heavy (non-hydrogen) atoms. The molecule has 0 N–H and O–H groups in total. The van der Waals surface area contributed by atoms with Crippen LogP contribution < -0.4 is 5.56 Å². The maximum atomic E-state index is 12.6. The summed E-state index contributed by atoms with van der Waals surface area (Å²) in [4.78, 5) is 21.1. The van der Waals surface area contributed by atoms with Crippen LogP contribution in [-0.4, -0.2) is 24.0 Å². The number of fused-ring (bicyclic) bond motifs is 3. The Morgan fingerprint density at radius 1 is 1.35 bits per heavy atom. The molecular weight excluding hydrogens is 342 g/mol. The van der Waals surface area contributed by atoms with Crippen molar-refractivity contribution < 1.29 is 4.21 Å². The van der Waals surface area contributed by atoms with Crippen molar-refractivity contribution in [2.24, 2.45) is 0 Å². The lowest BCUT2D eigenvalue weighted by atomic mass is 9.94. The van der Waals surface area contributed by atoms with Crippen molar-refractivity contribution in [2.75, 3.05) is 0 Å². The Morgan fingerprint density at radius 2 is 2.15 bits per heavy atom. The standard InChI is InChI=1S/C13H12BrN3O2S/c14-8-5-7-6-15-13-16-11(7)17(12(8)18)9-3-1-2-4-10(9)20(13)19/h5-6,9-10H,1-4H2. The summed E-state index contributed by atoms with van der Waals surface area (Å²) in [6, 6.07) is 1.70. The van der Waals surface area contributed by atoms with Gasteiger partial charge >= 0.3 is 0 Å². The number of hydrogen-bond donors (Lipinski definition) is 0. The molecule has 3 unspecified atom stereocenters. The molecule has 2 bridgehead atoms. The van der Waals surface area contributed by atoms with E-state index in [1.807, 2.05) is 0 Å². The molecule has 5 nitrogen and oxygen atoms in total. The summed E-state index contributed by atoms with van der Waals surface area (Å²) >= 11 is 3.32. The fourth-order valence-corrected chi connectivity index (χ4v) is 5.20. The van der Waals surface area contributed by atoms with Gasteiger partial charge in [0.25, 0.3) is 5.56 Å². The third-order valence-corrected chi connectivity index (χ3v) is 6.39. The van der Waals surface area contributed by atoms with Crippen molar-refractivity contribution >= 4 is 37.8 Å². The van der Waals surface area contributed by atoms with Gasteiger partial charge in [-0.3, -0.25) is 13.6 Å². The van der Waals surface area contributed by atoms with Gasteiger partial charge in [0.1, 0.15) is 5.65 Å². The molecule has 104 valence electrons. The highest BCUT2D eigenvalue weighted by atomic mass is 79.9. The van der Waals surface area contributed by atoms with Crippen molar-refractivity contribution in [1.29, 1.82) is 0 Å². The zero-order chi connectivity index (χ0) is 13.9. The summed E-state index contributed by atoms with van der Waals surface area (Å²) in [7, 11) is -1.23. The normalized spacial score (nSPS) is 28.4. The van der Waals surface area contributed by atoms with Crippen LogP contribution in [0.4, 0.5) is 0 Å². The minimum Gasteiger partial charge on any atom is -0.287 e. The van der Waals surface area contributed by atoms with Gasteiger partial charge in [-0.05, 0) is 34.8 Å². The van der Waals surface area contributed by atoms with E-state index >= 15 is 0 Å². The number of pyridine rings is 1. The van der Waals surface area contributed by atoms with Gasteiger partial charge in [0.2, 0.25) is 5.16 Å². The van der Waals surface area contributed by atoms with Crippen molar-refractivity contribution in [2.45, 2.75) is 42.1 Å². The van der Waals surface area contributed by atoms with Crippen LogP contribution in [0.5, 0.6) is 0 Å². The van der Waals surface area contributed by atoms with Gasteiger partial charge in [0.15, 0.2) is 0 Å². The van der Waals surface area contributed by atoms with Crippen LogP contribution in [0.25, 0.3) is 11.0 Å². The molecule has 7 heteroatoms. The summed E-state index contributed by atoms with van der Waals surface area (Å²) in [6.07, 6.45) is 5.51. The maximum absolute atomic E-state index is 12.6. The summed E-state index contributed by atoms with van der Waals surface area (Å²) in [5.41, 5.74) is 0.531. The van der Waals surface area contributed by atoms with E-state index in [9.17, 15) is 9.00 Å². The second-order valence-corrected chi connectivity index (χ2v) is 7.71. The van der Waals surface area contributed by atoms with Crippen LogP contribution in [0.15, 0.2) is 26.7 Å². The van der Waals surface area contributed by atoms with Gasteiger partial charge in [0.05, 0.1) is 26.6 Å². The zero-order valence-corrected chi connectivity index (χ0v) is 13.0. The van der Waals surface area contributed by atoms with E-state index < -0.39 is 10.8 Å². The first-order valence-electron chi connectivity index (χ1n) is 6.65. The molecule has 2 aromatic rings. The summed E-state index contributed by atoms with van der Waals surface area (Å²) < 4.78 is 14.9. The molecule has 1 fully saturated rings. The molecule has 2 aliphatic rings. The molecule has 0 spiro atoms. The molecule has 2 aromatic heterocycles. The molecule has 3 heterocycles. The first-order chi connectivity index (χ1) is 9.66. The Hall–Kier alpha value is -1.08. The highest BCUT2D eigenvalue weighted by Crippen LogP contribution is 2.36. The van der Waals surface area contributed by atoms with E-state index in [1.54, 1.807) is 16.8 Å². The fraction of sp³-hybridized carbons (Fsp3) is 0.462. The Bertz CT molecular complexity index is 804. The molecule has 0 amide bonds. The van der Waals surface area contributed by atoms with E-state index in [1.165, 1.54) is 0 Å². The monoisotopic (exact) mass is 353 g/mol. The van der Waals surface area contributed by atoms with Gasteiger partial charge in [-0.25, -0.2) is 9.97 Å². The van der Waals surface area contributed by atoms with Crippen molar-refractivity contribution in [3.05, 3.63) is 27.1 Å². The van der Waals surface area contributed by atoms with Gasteiger partial charge in [0, 0.05) is 11.6 Å². The van der Waals surface area contributed by atoms with E-state index in [0.29, 0.717) is 15.3 Å². The van der Waals surface area contributed by atoms with Crippen molar-refractivity contribution in [3.8, 4) is 0 Å². The average Bonchev–Trinajstić information content (AvgIpc) is 2.57. The predicted octanol–water partition coefficient (Wildman–Crippen LogP) is 2.16. The molecule has 0 aromatic carbocycles. The zero-order valence-electron chi connectivity index (χ0n) is 10.6. The third kappa shape index (κ3) is 1.65. The van der Waals surface area contributed by atoms with E-state index in [0.717, 1.165) is 31.1 Å². The van der Waals surface area contributed by atoms with Crippen LogP contribution in [-0.2, 0) is 10.8 Å². The Kier molecular flexibility index (Phi) is 2.82. The quantitative estimate of drug-likeness (QED) is 0.680. The number of aromatic nitrogens is 3. The van der Waals surface area contributed by atoms with Gasteiger partial charge < -0.3 is 0 Å². The average molecular weight is 354 g/mol. The lowest BCUT2D eigenvalue weighted by Crippen LogP contribution is -2.36. The molecule has 1 saturated carbocycles. The number of hydrogen-bond acceptors (Lipinski definition) is 4. The lowest BCUT2D eigenvalue weighted by molar-refractivity contribution is 0.360. The molecule has 3 atom stereocenters. The largest absolute Gasteiger partial charge is 0.287 e. The maximum Gasteiger partial charge on any atom is 0.266 e. The lowest BCUT2D eigenvalue weighted by Gasteiger charge is -2.30. The second kappa shape index (κ2) is 4.46. The summed E-state index contributed by atoms with van der Waals surface area (Å²) in [6.45, 7) is 0. The van der Waals surface area contributed by atoms with Crippen LogP contribution in [0, 0.1) is 0 Å². The second-order valence-electron chi connectivity index (χ2n) is 5.29. The first kappa shape index (κ1) is 12.6. The minimum atomic E-state index is -1.23. The van der Waals surface area contributed by atoms with Crippen molar-refractivity contribution in [3.63, 3.8) is 0 Å². The molecule has 1 aliphatic heterocycles. The first-order valence-corrected chi connectivity index (χ1v) is 8.66.